The quantitative estimate of drug-likeness (QED) is 0.614. The molecule has 6 nitrogen and oxygen atoms in total. The van der Waals surface area contributed by atoms with Crippen molar-refractivity contribution < 1.29 is 23.9 Å². The first-order valence-electron chi connectivity index (χ1n) is 7.75. The first-order valence-corrected chi connectivity index (χ1v) is 7.75. The van der Waals surface area contributed by atoms with E-state index < -0.39 is 18.1 Å². The van der Waals surface area contributed by atoms with Crippen molar-refractivity contribution in [3.8, 4) is 0 Å². The first-order chi connectivity index (χ1) is 11.2. The van der Waals surface area contributed by atoms with Crippen LogP contribution in [-0.2, 0) is 25.7 Å². The number of carbonyl (C=O) groups excluding carboxylic acids is 3. The van der Waals surface area contributed by atoms with Gasteiger partial charge in [-0.3, -0.25) is 9.69 Å². The predicted octanol–water partition coefficient (Wildman–Crippen LogP) is 2.17. The summed E-state index contributed by atoms with van der Waals surface area (Å²) in [6.45, 7) is 2.31. The van der Waals surface area contributed by atoms with Crippen molar-refractivity contribution in [3.05, 3.63) is 35.9 Å². The maximum Gasteiger partial charge on any atom is 0.410 e. The summed E-state index contributed by atoms with van der Waals surface area (Å²) in [6.07, 6.45) is 1.11. The Hall–Kier alpha value is -2.37. The molecule has 0 bridgehead atoms. The minimum Gasteiger partial charge on any atom is -0.466 e. The van der Waals surface area contributed by atoms with Crippen LogP contribution in [0.4, 0.5) is 4.79 Å². The van der Waals surface area contributed by atoms with Gasteiger partial charge in [-0.2, -0.15) is 0 Å². The molecular formula is C17H21NO5. The highest BCUT2D eigenvalue weighted by molar-refractivity contribution is 5.77. The minimum atomic E-state index is -0.583. The summed E-state index contributed by atoms with van der Waals surface area (Å²) in [5.41, 5.74) is 0.863. The summed E-state index contributed by atoms with van der Waals surface area (Å²) in [5.74, 6) is -0.742. The van der Waals surface area contributed by atoms with E-state index in [1.54, 1.807) is 6.92 Å². The standard InChI is InChI=1S/C17H21NO5/c1-2-22-16(20)14-8-9-15(11-19)18(10-14)17(21)23-12-13-6-4-3-5-7-13/h3-7,11,14-15H,2,8-10,12H2,1H3/t14-,15+/m1/s1. The molecular weight excluding hydrogens is 298 g/mol. The van der Waals surface area contributed by atoms with Crippen molar-refractivity contribution in [3.63, 3.8) is 0 Å². The Balaban J connectivity index is 1.96. The molecule has 1 aromatic carbocycles. The average molecular weight is 319 g/mol. The van der Waals surface area contributed by atoms with Crippen LogP contribution in [0.15, 0.2) is 30.3 Å². The van der Waals surface area contributed by atoms with Crippen LogP contribution in [0.2, 0.25) is 0 Å². The Morgan fingerprint density at radius 1 is 1.22 bits per heavy atom. The highest BCUT2D eigenvalue weighted by Gasteiger charge is 2.36. The fraction of sp³-hybridized carbons (Fsp3) is 0.471. The van der Waals surface area contributed by atoms with Gasteiger partial charge < -0.3 is 14.3 Å². The van der Waals surface area contributed by atoms with Crippen molar-refractivity contribution in [2.24, 2.45) is 5.92 Å². The molecule has 0 aliphatic carbocycles. The van der Waals surface area contributed by atoms with Gasteiger partial charge in [-0.05, 0) is 25.3 Å². The summed E-state index contributed by atoms with van der Waals surface area (Å²) in [5, 5.41) is 0. The summed E-state index contributed by atoms with van der Waals surface area (Å²) in [4.78, 5) is 36.6. The maximum atomic E-state index is 12.3. The molecule has 2 rings (SSSR count). The molecule has 0 N–H and O–H groups in total. The van der Waals surface area contributed by atoms with Crippen LogP contribution in [0.3, 0.4) is 0 Å². The zero-order valence-electron chi connectivity index (χ0n) is 13.1. The lowest BCUT2D eigenvalue weighted by Crippen LogP contribution is -2.49. The maximum absolute atomic E-state index is 12.3. The van der Waals surface area contributed by atoms with Gasteiger partial charge >= 0.3 is 12.1 Å². The molecule has 1 heterocycles. The molecule has 0 radical (unpaired) electrons. The van der Waals surface area contributed by atoms with Crippen molar-refractivity contribution in [1.29, 1.82) is 0 Å². The second kappa shape index (κ2) is 8.31. The zero-order chi connectivity index (χ0) is 16.7. The zero-order valence-corrected chi connectivity index (χ0v) is 13.1. The van der Waals surface area contributed by atoms with E-state index in [9.17, 15) is 14.4 Å². The lowest BCUT2D eigenvalue weighted by atomic mass is 9.93. The molecule has 23 heavy (non-hydrogen) atoms. The van der Waals surface area contributed by atoms with E-state index >= 15 is 0 Å². The van der Waals surface area contributed by atoms with Gasteiger partial charge in [-0.15, -0.1) is 0 Å². The van der Waals surface area contributed by atoms with Crippen molar-refractivity contribution >= 4 is 18.3 Å². The average Bonchev–Trinajstić information content (AvgIpc) is 2.60. The number of nitrogens with zero attached hydrogens (tertiary/aromatic N) is 1. The summed E-state index contributed by atoms with van der Waals surface area (Å²) < 4.78 is 10.3. The number of ether oxygens (including phenoxy) is 2. The monoisotopic (exact) mass is 319 g/mol. The lowest BCUT2D eigenvalue weighted by Gasteiger charge is -2.35. The van der Waals surface area contributed by atoms with Crippen molar-refractivity contribution in [2.75, 3.05) is 13.2 Å². The molecule has 124 valence electrons. The van der Waals surface area contributed by atoms with E-state index in [0.29, 0.717) is 19.4 Å². The fourth-order valence-electron chi connectivity index (χ4n) is 2.60. The topological polar surface area (TPSA) is 72.9 Å². The van der Waals surface area contributed by atoms with E-state index in [0.717, 1.165) is 11.8 Å². The number of esters is 1. The Bertz CT molecular complexity index is 545. The van der Waals surface area contributed by atoms with E-state index in [2.05, 4.69) is 0 Å². The summed E-state index contributed by atoms with van der Waals surface area (Å²) in [6, 6.07) is 8.74. The highest BCUT2D eigenvalue weighted by atomic mass is 16.6. The van der Waals surface area contributed by atoms with Gasteiger partial charge in [0.1, 0.15) is 12.9 Å². The normalized spacial score (nSPS) is 20.7. The molecule has 0 aromatic heterocycles. The SMILES string of the molecule is CCOC(=O)[C@@H]1CC[C@@H](C=O)N(C(=O)OCc2ccccc2)C1. The van der Waals surface area contributed by atoms with E-state index in [1.807, 2.05) is 30.3 Å². The highest BCUT2D eigenvalue weighted by Crippen LogP contribution is 2.23. The van der Waals surface area contributed by atoms with E-state index in [4.69, 9.17) is 9.47 Å². The second-order valence-electron chi connectivity index (χ2n) is 5.42. The number of amides is 1. The van der Waals surface area contributed by atoms with Crippen molar-refractivity contribution in [1.82, 2.24) is 4.90 Å². The van der Waals surface area contributed by atoms with Gasteiger partial charge in [0.05, 0.1) is 18.6 Å². The van der Waals surface area contributed by atoms with Crippen LogP contribution in [0.5, 0.6) is 0 Å². The van der Waals surface area contributed by atoms with E-state index in [-0.39, 0.29) is 19.1 Å². The Morgan fingerprint density at radius 3 is 2.61 bits per heavy atom. The lowest BCUT2D eigenvalue weighted by molar-refractivity contribution is -0.150. The van der Waals surface area contributed by atoms with Gasteiger partial charge in [-0.1, -0.05) is 30.3 Å². The Labute approximate surface area is 135 Å². The molecule has 0 saturated carbocycles. The van der Waals surface area contributed by atoms with Crippen molar-refractivity contribution in [2.45, 2.75) is 32.4 Å². The second-order valence-corrected chi connectivity index (χ2v) is 5.42. The van der Waals surface area contributed by atoms with Crippen LogP contribution in [0, 0.1) is 5.92 Å². The third-order valence-corrected chi connectivity index (χ3v) is 3.84. The predicted molar refractivity (Wildman–Crippen MR) is 82.5 cm³/mol. The van der Waals surface area contributed by atoms with Crippen LogP contribution in [0.25, 0.3) is 0 Å². The number of hydrogen-bond donors (Lipinski definition) is 0. The number of hydrogen-bond acceptors (Lipinski definition) is 5. The molecule has 2 atom stereocenters. The van der Waals surface area contributed by atoms with Gasteiger partial charge in [0.2, 0.25) is 0 Å². The number of benzene rings is 1. The molecule has 0 unspecified atom stereocenters. The molecule has 1 aromatic rings. The smallest absolute Gasteiger partial charge is 0.410 e. The third kappa shape index (κ3) is 4.55. The third-order valence-electron chi connectivity index (χ3n) is 3.84. The summed E-state index contributed by atoms with van der Waals surface area (Å²) >= 11 is 0. The van der Waals surface area contributed by atoms with E-state index in [1.165, 1.54) is 4.90 Å². The van der Waals surface area contributed by atoms with Crippen LogP contribution >= 0.6 is 0 Å². The van der Waals surface area contributed by atoms with Gasteiger partial charge in [0, 0.05) is 6.54 Å². The fourth-order valence-corrected chi connectivity index (χ4v) is 2.60. The molecule has 1 saturated heterocycles. The molecule has 1 fully saturated rings. The van der Waals surface area contributed by atoms with Crippen LogP contribution in [0.1, 0.15) is 25.3 Å². The number of carbonyl (C=O) groups is 3. The minimum absolute atomic E-state index is 0.131. The molecule has 0 spiro atoms. The number of piperidine rings is 1. The van der Waals surface area contributed by atoms with Gasteiger partial charge in [0.15, 0.2) is 0 Å². The van der Waals surface area contributed by atoms with Crippen LogP contribution in [-0.4, -0.2) is 42.4 Å². The van der Waals surface area contributed by atoms with Gasteiger partial charge in [-0.25, -0.2) is 4.79 Å². The Kier molecular flexibility index (Phi) is 6.14. The molecule has 1 aliphatic rings. The van der Waals surface area contributed by atoms with Gasteiger partial charge in [0.25, 0.3) is 0 Å². The first kappa shape index (κ1) is 17.0. The summed E-state index contributed by atoms with van der Waals surface area (Å²) in [7, 11) is 0. The largest absolute Gasteiger partial charge is 0.466 e. The number of likely N-dealkylation sites (tertiary alicyclic amines) is 1. The van der Waals surface area contributed by atoms with Crippen LogP contribution < -0.4 is 0 Å². The Morgan fingerprint density at radius 2 is 1.96 bits per heavy atom. The number of aldehydes is 1. The number of rotatable bonds is 5. The molecule has 1 amide bonds. The molecule has 6 heteroatoms. The molecule has 1 aliphatic heterocycles.